The molecule has 2 nitrogen and oxygen atoms in total. The van der Waals surface area contributed by atoms with E-state index in [2.05, 4.69) is 12.2 Å². The maximum absolute atomic E-state index is 13.1. The van der Waals surface area contributed by atoms with E-state index < -0.39 is 0 Å². The zero-order valence-corrected chi connectivity index (χ0v) is 12.6. The monoisotopic (exact) mass is 289 g/mol. The number of carbonyl (C=O) groups excluding carboxylic acids is 1. The first-order valence-corrected chi connectivity index (χ1v) is 8.15. The van der Waals surface area contributed by atoms with E-state index in [4.69, 9.17) is 0 Å². The second-order valence-electron chi connectivity index (χ2n) is 6.82. The standard InChI is InChI=1S/C18H24FNO/c1-12(17-11-14-5-7-15(17)9-14)20-18(21)8-6-13-3-2-4-16(19)10-13/h2-4,10,12,14-15,17H,5-9,11H2,1H3,(H,20,21). The number of hydrogen-bond acceptors (Lipinski definition) is 1. The van der Waals surface area contributed by atoms with E-state index in [-0.39, 0.29) is 17.8 Å². The van der Waals surface area contributed by atoms with Crippen molar-refractivity contribution in [3.8, 4) is 0 Å². The van der Waals surface area contributed by atoms with Gasteiger partial charge in [-0.25, -0.2) is 4.39 Å². The summed E-state index contributed by atoms with van der Waals surface area (Å²) in [6.45, 7) is 2.14. The van der Waals surface area contributed by atoms with Crippen LogP contribution in [0.15, 0.2) is 24.3 Å². The zero-order chi connectivity index (χ0) is 14.8. The fourth-order valence-corrected chi connectivity index (χ4v) is 4.29. The number of nitrogens with one attached hydrogen (secondary N) is 1. The maximum Gasteiger partial charge on any atom is 0.220 e. The molecule has 4 unspecified atom stereocenters. The summed E-state index contributed by atoms with van der Waals surface area (Å²) in [7, 11) is 0. The Morgan fingerprint density at radius 3 is 2.90 bits per heavy atom. The molecule has 2 bridgehead atoms. The Morgan fingerprint density at radius 2 is 2.24 bits per heavy atom. The van der Waals surface area contributed by atoms with Crippen LogP contribution in [0.5, 0.6) is 0 Å². The van der Waals surface area contributed by atoms with E-state index in [9.17, 15) is 9.18 Å². The molecule has 1 aromatic rings. The average molecular weight is 289 g/mol. The van der Waals surface area contributed by atoms with Crippen LogP contribution in [0.25, 0.3) is 0 Å². The van der Waals surface area contributed by atoms with Crippen LogP contribution in [0.1, 0.15) is 44.6 Å². The number of fused-ring (bicyclic) bond motifs is 2. The summed E-state index contributed by atoms with van der Waals surface area (Å²) in [5.74, 6) is 2.26. The third-order valence-electron chi connectivity index (χ3n) is 5.35. The van der Waals surface area contributed by atoms with Crippen molar-refractivity contribution in [1.82, 2.24) is 5.32 Å². The molecular formula is C18H24FNO. The van der Waals surface area contributed by atoms with Crippen LogP contribution < -0.4 is 5.32 Å². The lowest BCUT2D eigenvalue weighted by Gasteiger charge is -2.28. The van der Waals surface area contributed by atoms with Crippen LogP contribution in [0.2, 0.25) is 0 Å². The lowest BCUT2D eigenvalue weighted by atomic mass is 9.84. The molecule has 21 heavy (non-hydrogen) atoms. The summed E-state index contributed by atoms with van der Waals surface area (Å²) in [6, 6.07) is 6.78. The van der Waals surface area contributed by atoms with E-state index in [1.807, 2.05) is 6.07 Å². The Labute approximate surface area is 126 Å². The molecule has 2 saturated carbocycles. The summed E-state index contributed by atoms with van der Waals surface area (Å²) >= 11 is 0. The van der Waals surface area contributed by atoms with Crippen molar-refractivity contribution >= 4 is 5.91 Å². The molecule has 114 valence electrons. The molecule has 3 heteroatoms. The van der Waals surface area contributed by atoms with Crippen molar-refractivity contribution < 1.29 is 9.18 Å². The van der Waals surface area contributed by atoms with Crippen LogP contribution in [0, 0.1) is 23.6 Å². The highest BCUT2D eigenvalue weighted by Crippen LogP contribution is 2.49. The Hall–Kier alpha value is -1.38. The summed E-state index contributed by atoms with van der Waals surface area (Å²) in [5, 5.41) is 3.16. The van der Waals surface area contributed by atoms with Crippen molar-refractivity contribution in [2.45, 2.75) is 51.5 Å². The molecule has 0 radical (unpaired) electrons. The molecule has 1 aromatic carbocycles. The molecule has 0 heterocycles. The summed E-state index contributed by atoms with van der Waals surface area (Å²) in [4.78, 5) is 12.1. The predicted octanol–water partition coefficient (Wildman–Crippen LogP) is 3.70. The number of rotatable bonds is 5. The minimum atomic E-state index is -0.233. The highest BCUT2D eigenvalue weighted by Gasteiger charge is 2.41. The van der Waals surface area contributed by atoms with Gasteiger partial charge >= 0.3 is 0 Å². The van der Waals surface area contributed by atoms with Crippen molar-refractivity contribution in [2.24, 2.45) is 17.8 Å². The van der Waals surface area contributed by atoms with Crippen molar-refractivity contribution in [1.29, 1.82) is 0 Å². The van der Waals surface area contributed by atoms with Gasteiger partial charge < -0.3 is 5.32 Å². The van der Waals surface area contributed by atoms with E-state index in [1.165, 1.54) is 37.8 Å². The van der Waals surface area contributed by atoms with Gasteiger partial charge in [0.25, 0.3) is 0 Å². The van der Waals surface area contributed by atoms with Crippen LogP contribution in [0.3, 0.4) is 0 Å². The van der Waals surface area contributed by atoms with Gasteiger partial charge in [0.1, 0.15) is 5.82 Å². The lowest BCUT2D eigenvalue weighted by Crippen LogP contribution is -2.40. The van der Waals surface area contributed by atoms with Gasteiger partial charge in [0.2, 0.25) is 5.91 Å². The second-order valence-corrected chi connectivity index (χ2v) is 6.82. The topological polar surface area (TPSA) is 29.1 Å². The molecule has 0 aliphatic heterocycles. The van der Waals surface area contributed by atoms with Gasteiger partial charge in [0.15, 0.2) is 0 Å². The molecule has 2 aliphatic rings. The molecule has 0 saturated heterocycles. The smallest absolute Gasteiger partial charge is 0.220 e. The quantitative estimate of drug-likeness (QED) is 0.880. The van der Waals surface area contributed by atoms with Gasteiger partial charge in [0.05, 0.1) is 0 Å². The summed E-state index contributed by atoms with van der Waals surface area (Å²) in [6.07, 6.45) is 6.44. The number of halogens is 1. The number of amides is 1. The molecule has 2 aliphatic carbocycles. The van der Waals surface area contributed by atoms with Crippen molar-refractivity contribution in [3.05, 3.63) is 35.6 Å². The van der Waals surface area contributed by atoms with Gasteiger partial charge in [0, 0.05) is 12.5 Å². The third-order valence-corrected chi connectivity index (χ3v) is 5.35. The minimum Gasteiger partial charge on any atom is -0.353 e. The van der Waals surface area contributed by atoms with Crippen LogP contribution in [-0.2, 0) is 11.2 Å². The Bertz CT molecular complexity index is 516. The van der Waals surface area contributed by atoms with Crippen LogP contribution >= 0.6 is 0 Å². The molecule has 3 rings (SSSR count). The Morgan fingerprint density at radius 1 is 1.38 bits per heavy atom. The van der Waals surface area contributed by atoms with E-state index >= 15 is 0 Å². The molecule has 0 aromatic heterocycles. The van der Waals surface area contributed by atoms with Gasteiger partial charge in [-0.05, 0) is 68.1 Å². The summed E-state index contributed by atoms with van der Waals surface area (Å²) in [5.41, 5.74) is 0.887. The van der Waals surface area contributed by atoms with Crippen LogP contribution in [-0.4, -0.2) is 11.9 Å². The van der Waals surface area contributed by atoms with Gasteiger partial charge in [-0.1, -0.05) is 18.6 Å². The number of carbonyl (C=O) groups is 1. The van der Waals surface area contributed by atoms with Gasteiger partial charge in [-0.2, -0.15) is 0 Å². The van der Waals surface area contributed by atoms with Crippen LogP contribution in [0.4, 0.5) is 4.39 Å². The molecule has 0 spiro atoms. The first-order valence-electron chi connectivity index (χ1n) is 8.15. The SMILES string of the molecule is CC(NC(=O)CCc1cccc(F)c1)C1CC2CCC1C2. The Kier molecular flexibility index (Phi) is 4.27. The molecule has 2 fully saturated rings. The number of hydrogen-bond donors (Lipinski definition) is 1. The van der Waals surface area contributed by atoms with Gasteiger partial charge in [-0.15, -0.1) is 0 Å². The molecule has 1 N–H and O–H groups in total. The molecule has 1 amide bonds. The maximum atomic E-state index is 13.1. The first kappa shape index (κ1) is 14.6. The highest BCUT2D eigenvalue weighted by molar-refractivity contribution is 5.76. The zero-order valence-electron chi connectivity index (χ0n) is 12.6. The van der Waals surface area contributed by atoms with E-state index in [1.54, 1.807) is 6.07 Å². The van der Waals surface area contributed by atoms with E-state index in [0.717, 1.165) is 17.4 Å². The number of benzene rings is 1. The highest BCUT2D eigenvalue weighted by atomic mass is 19.1. The fourth-order valence-electron chi connectivity index (χ4n) is 4.29. The predicted molar refractivity (Wildman–Crippen MR) is 81.3 cm³/mol. The largest absolute Gasteiger partial charge is 0.353 e. The van der Waals surface area contributed by atoms with Crippen molar-refractivity contribution in [2.75, 3.05) is 0 Å². The Balaban J connectivity index is 1.46. The fraction of sp³-hybridized carbons (Fsp3) is 0.611. The van der Waals surface area contributed by atoms with Gasteiger partial charge in [-0.3, -0.25) is 4.79 Å². The third kappa shape index (κ3) is 3.45. The molecular weight excluding hydrogens is 265 g/mol. The molecule has 4 atom stereocenters. The minimum absolute atomic E-state index is 0.0922. The first-order chi connectivity index (χ1) is 10.1. The van der Waals surface area contributed by atoms with E-state index in [0.29, 0.717) is 18.8 Å². The summed E-state index contributed by atoms with van der Waals surface area (Å²) < 4.78 is 13.1. The normalized spacial score (nSPS) is 28.6. The second kappa shape index (κ2) is 6.17. The average Bonchev–Trinajstić information content (AvgIpc) is 3.08. The number of aryl methyl sites for hydroxylation is 1. The van der Waals surface area contributed by atoms with Crippen molar-refractivity contribution in [3.63, 3.8) is 0 Å². The lowest BCUT2D eigenvalue weighted by molar-refractivity contribution is -0.122.